The summed E-state index contributed by atoms with van der Waals surface area (Å²) >= 11 is 0. The number of morpholine rings is 1. The maximum Gasteiger partial charge on any atom is 0.341 e. The molecule has 2 aliphatic rings. The predicted molar refractivity (Wildman–Crippen MR) is 69.7 cm³/mol. The van der Waals surface area contributed by atoms with Crippen molar-refractivity contribution in [3.8, 4) is 0 Å². The number of ether oxygens (including phenoxy) is 1. The third-order valence-corrected chi connectivity index (χ3v) is 3.61. The van der Waals surface area contributed by atoms with Crippen molar-refractivity contribution in [2.75, 3.05) is 18.0 Å². The fourth-order valence-electron chi connectivity index (χ4n) is 2.65. The molecule has 4 heterocycles. The Kier molecular flexibility index (Phi) is 2.23. The Morgan fingerprint density at radius 1 is 1.50 bits per heavy atom. The topological polar surface area (TPSA) is 80.0 Å². The van der Waals surface area contributed by atoms with Gasteiger partial charge in [-0.1, -0.05) is 0 Å². The number of carbonyl (C=O) groups is 1. The standard InChI is InChI=1S/C13H12N4O3/c18-13(19)10-5-14-17-4-3-11(15-12(10)17)16-6-8-1-2-9(7-16)20-8/h1,3-5,9H,2,6-7H2,(H,18,19)/t9-/m1/s1. The average molecular weight is 272 g/mol. The number of fused-ring (bicyclic) bond motifs is 3. The van der Waals surface area contributed by atoms with Gasteiger partial charge in [-0.05, 0) is 12.1 Å². The molecule has 0 spiro atoms. The smallest absolute Gasteiger partial charge is 0.341 e. The predicted octanol–water partition coefficient (Wildman–Crippen LogP) is 0.920. The molecule has 0 aliphatic carbocycles. The van der Waals surface area contributed by atoms with Crippen LogP contribution in [0.25, 0.3) is 5.65 Å². The Morgan fingerprint density at radius 3 is 3.20 bits per heavy atom. The van der Waals surface area contributed by atoms with Crippen LogP contribution in [0.4, 0.5) is 5.82 Å². The Balaban J connectivity index is 1.75. The Morgan fingerprint density at radius 2 is 2.40 bits per heavy atom. The summed E-state index contributed by atoms with van der Waals surface area (Å²) in [4.78, 5) is 17.7. The molecule has 1 fully saturated rings. The van der Waals surface area contributed by atoms with Gasteiger partial charge in [0.2, 0.25) is 0 Å². The van der Waals surface area contributed by atoms with Crippen molar-refractivity contribution in [2.45, 2.75) is 12.5 Å². The normalized spacial score (nSPS) is 20.9. The first-order chi connectivity index (χ1) is 9.70. The van der Waals surface area contributed by atoms with Gasteiger partial charge in [-0.25, -0.2) is 14.3 Å². The summed E-state index contributed by atoms with van der Waals surface area (Å²) in [5, 5.41) is 13.1. The van der Waals surface area contributed by atoms with Crippen LogP contribution < -0.4 is 4.90 Å². The highest BCUT2D eigenvalue weighted by Gasteiger charge is 2.29. The van der Waals surface area contributed by atoms with E-state index in [9.17, 15) is 4.79 Å². The quantitative estimate of drug-likeness (QED) is 0.875. The van der Waals surface area contributed by atoms with Crippen LogP contribution in [0.3, 0.4) is 0 Å². The summed E-state index contributed by atoms with van der Waals surface area (Å²) in [5.74, 6) is 0.700. The highest BCUT2D eigenvalue weighted by molar-refractivity contribution is 5.94. The van der Waals surface area contributed by atoms with Gasteiger partial charge in [0.1, 0.15) is 23.2 Å². The number of rotatable bonds is 2. The van der Waals surface area contributed by atoms with Gasteiger partial charge in [-0.15, -0.1) is 0 Å². The van der Waals surface area contributed by atoms with Gasteiger partial charge in [-0.3, -0.25) is 0 Å². The monoisotopic (exact) mass is 272 g/mol. The molecule has 20 heavy (non-hydrogen) atoms. The van der Waals surface area contributed by atoms with Crippen molar-refractivity contribution in [1.29, 1.82) is 0 Å². The van der Waals surface area contributed by atoms with E-state index in [0.29, 0.717) is 12.2 Å². The van der Waals surface area contributed by atoms with Gasteiger partial charge in [0.05, 0.1) is 19.3 Å². The molecular weight excluding hydrogens is 260 g/mol. The Bertz CT molecular complexity index is 736. The Labute approximate surface area is 114 Å². The first-order valence-electron chi connectivity index (χ1n) is 6.39. The largest absolute Gasteiger partial charge is 0.491 e. The zero-order valence-electron chi connectivity index (χ0n) is 10.6. The maximum atomic E-state index is 11.1. The molecule has 102 valence electrons. The Hall–Kier alpha value is -2.57. The lowest BCUT2D eigenvalue weighted by molar-refractivity contribution is 0.0698. The van der Waals surface area contributed by atoms with E-state index < -0.39 is 5.97 Å². The van der Waals surface area contributed by atoms with Crippen LogP contribution in [-0.4, -0.2) is 44.9 Å². The number of carboxylic acid groups (broad SMARTS) is 1. The van der Waals surface area contributed by atoms with E-state index in [1.165, 1.54) is 10.7 Å². The van der Waals surface area contributed by atoms with E-state index in [0.717, 1.165) is 24.5 Å². The molecule has 1 atom stereocenters. The molecular formula is C13H12N4O3. The van der Waals surface area contributed by atoms with Gasteiger partial charge >= 0.3 is 5.97 Å². The molecule has 0 saturated carbocycles. The van der Waals surface area contributed by atoms with E-state index in [-0.39, 0.29) is 11.7 Å². The van der Waals surface area contributed by atoms with Crippen molar-refractivity contribution in [3.63, 3.8) is 0 Å². The highest BCUT2D eigenvalue weighted by Crippen LogP contribution is 2.27. The first kappa shape index (κ1) is 11.3. The number of anilines is 1. The molecule has 0 amide bonds. The van der Waals surface area contributed by atoms with Crippen LogP contribution in [0.5, 0.6) is 0 Å². The summed E-state index contributed by atoms with van der Waals surface area (Å²) in [6.07, 6.45) is 6.27. The summed E-state index contributed by atoms with van der Waals surface area (Å²) in [5.41, 5.74) is 0.477. The molecule has 2 bridgehead atoms. The van der Waals surface area contributed by atoms with Crippen molar-refractivity contribution in [3.05, 3.63) is 35.9 Å². The van der Waals surface area contributed by atoms with E-state index in [1.807, 2.05) is 6.07 Å². The number of nitrogens with zero attached hydrogens (tertiary/aromatic N) is 4. The fourth-order valence-corrected chi connectivity index (χ4v) is 2.65. The van der Waals surface area contributed by atoms with Gasteiger partial charge < -0.3 is 14.7 Å². The zero-order chi connectivity index (χ0) is 13.7. The number of carboxylic acids is 1. The number of aromatic nitrogens is 3. The van der Waals surface area contributed by atoms with Gasteiger partial charge in [0.15, 0.2) is 5.65 Å². The fraction of sp³-hybridized carbons (Fsp3) is 0.308. The zero-order valence-corrected chi connectivity index (χ0v) is 10.6. The first-order valence-corrected chi connectivity index (χ1v) is 6.39. The molecule has 7 nitrogen and oxygen atoms in total. The minimum Gasteiger partial charge on any atom is -0.491 e. The SMILES string of the molecule is O=C(O)c1cnn2ccc(N3CC4=CC[C@H](C3)O4)nc12. The van der Waals surface area contributed by atoms with Crippen molar-refractivity contribution in [1.82, 2.24) is 14.6 Å². The summed E-state index contributed by atoms with van der Waals surface area (Å²) in [6.45, 7) is 1.44. The van der Waals surface area contributed by atoms with Crippen LogP contribution in [0.2, 0.25) is 0 Å². The van der Waals surface area contributed by atoms with Crippen LogP contribution in [0.1, 0.15) is 16.8 Å². The van der Waals surface area contributed by atoms with Crippen LogP contribution >= 0.6 is 0 Å². The second-order valence-corrected chi connectivity index (χ2v) is 4.94. The van der Waals surface area contributed by atoms with Crippen molar-refractivity contribution in [2.24, 2.45) is 0 Å². The van der Waals surface area contributed by atoms with E-state index in [4.69, 9.17) is 9.84 Å². The molecule has 0 unspecified atom stereocenters. The minimum atomic E-state index is -1.02. The third kappa shape index (κ3) is 1.63. The second kappa shape index (κ2) is 3.96. The number of hydrogen-bond donors (Lipinski definition) is 1. The van der Waals surface area contributed by atoms with Gasteiger partial charge in [0, 0.05) is 12.6 Å². The maximum absolute atomic E-state index is 11.1. The molecule has 2 aliphatic heterocycles. The summed E-state index contributed by atoms with van der Waals surface area (Å²) in [7, 11) is 0. The van der Waals surface area contributed by atoms with Crippen LogP contribution in [0.15, 0.2) is 30.3 Å². The minimum absolute atomic E-state index is 0.113. The summed E-state index contributed by atoms with van der Waals surface area (Å²) in [6, 6.07) is 1.84. The van der Waals surface area contributed by atoms with E-state index >= 15 is 0 Å². The molecule has 1 N–H and O–H groups in total. The lowest BCUT2D eigenvalue weighted by Gasteiger charge is -2.31. The lowest BCUT2D eigenvalue weighted by atomic mass is 10.2. The molecule has 1 saturated heterocycles. The van der Waals surface area contributed by atoms with Gasteiger partial charge in [-0.2, -0.15) is 5.10 Å². The van der Waals surface area contributed by atoms with Crippen molar-refractivity contribution >= 4 is 17.4 Å². The second-order valence-electron chi connectivity index (χ2n) is 4.94. The molecule has 7 heteroatoms. The van der Waals surface area contributed by atoms with E-state index in [2.05, 4.69) is 21.1 Å². The highest BCUT2D eigenvalue weighted by atomic mass is 16.5. The number of aromatic carboxylic acids is 1. The lowest BCUT2D eigenvalue weighted by Crippen LogP contribution is -2.38. The number of hydrogen-bond acceptors (Lipinski definition) is 5. The van der Waals surface area contributed by atoms with Crippen LogP contribution in [-0.2, 0) is 4.74 Å². The molecule has 2 aromatic rings. The van der Waals surface area contributed by atoms with Crippen molar-refractivity contribution < 1.29 is 14.6 Å². The average Bonchev–Trinajstić information content (AvgIpc) is 3.01. The van der Waals surface area contributed by atoms with Gasteiger partial charge in [0.25, 0.3) is 0 Å². The molecule has 0 radical (unpaired) electrons. The van der Waals surface area contributed by atoms with Crippen LogP contribution in [0, 0.1) is 0 Å². The molecule has 4 rings (SSSR count). The summed E-state index contributed by atoms with van der Waals surface area (Å²) < 4.78 is 7.14. The third-order valence-electron chi connectivity index (χ3n) is 3.61. The molecule has 0 aromatic carbocycles. The van der Waals surface area contributed by atoms with E-state index in [1.54, 1.807) is 6.20 Å². The molecule has 2 aromatic heterocycles.